The standard InChI is InChI=1S/C3H4BN3OS/c4-2(8)7-3-5-1-6-9-3/h1H,4H2,(H,5,6,7,8). The highest BCUT2D eigenvalue weighted by atomic mass is 32.1. The minimum Gasteiger partial charge on any atom is -0.310 e. The second-order valence-corrected chi connectivity index (χ2v) is 2.21. The summed E-state index contributed by atoms with van der Waals surface area (Å²) >= 11 is 1.16. The van der Waals surface area contributed by atoms with Gasteiger partial charge in [0.25, 0.3) is 0 Å². The van der Waals surface area contributed by atoms with Crippen LogP contribution in [0.15, 0.2) is 6.33 Å². The highest BCUT2D eigenvalue weighted by Gasteiger charge is 1.95. The number of rotatable bonds is 1. The SMILES string of the molecule is BC(=O)Nc1ncns1. The fourth-order valence-electron chi connectivity index (χ4n) is 0.379. The van der Waals surface area contributed by atoms with Gasteiger partial charge in [0.15, 0.2) is 5.81 Å². The zero-order chi connectivity index (χ0) is 6.69. The number of carbonyl (C=O) groups excluding carboxylic acids is 1. The summed E-state index contributed by atoms with van der Waals surface area (Å²) in [6.45, 7) is 0. The predicted octanol–water partition coefficient (Wildman–Crippen LogP) is -0.297. The summed E-state index contributed by atoms with van der Waals surface area (Å²) < 4.78 is 3.69. The Balaban J connectivity index is 2.58. The number of aromatic nitrogens is 2. The van der Waals surface area contributed by atoms with E-state index in [0.29, 0.717) is 5.13 Å². The second kappa shape index (κ2) is 2.59. The van der Waals surface area contributed by atoms with E-state index in [1.807, 2.05) is 0 Å². The Bertz CT molecular complexity index is 199. The van der Waals surface area contributed by atoms with Crippen LogP contribution in [0.2, 0.25) is 0 Å². The molecule has 1 rings (SSSR count). The van der Waals surface area contributed by atoms with Crippen molar-refractivity contribution in [1.29, 1.82) is 0 Å². The summed E-state index contributed by atoms with van der Waals surface area (Å²) in [5.41, 5.74) is 0. The molecule has 1 aromatic rings. The van der Waals surface area contributed by atoms with Gasteiger partial charge in [0, 0.05) is 11.5 Å². The van der Waals surface area contributed by atoms with Crippen molar-refractivity contribution in [1.82, 2.24) is 9.36 Å². The first kappa shape index (κ1) is 6.22. The third-order valence-electron chi connectivity index (χ3n) is 0.644. The Morgan fingerprint density at radius 3 is 3.11 bits per heavy atom. The molecule has 1 heterocycles. The predicted molar refractivity (Wildman–Crippen MR) is 37.5 cm³/mol. The number of carbonyl (C=O) groups is 1. The van der Waals surface area contributed by atoms with Crippen LogP contribution in [0.3, 0.4) is 0 Å². The van der Waals surface area contributed by atoms with Crippen LogP contribution in [0, 0.1) is 0 Å². The molecule has 0 bridgehead atoms. The van der Waals surface area contributed by atoms with E-state index in [4.69, 9.17) is 0 Å². The van der Waals surface area contributed by atoms with Crippen molar-refractivity contribution in [2.45, 2.75) is 0 Å². The molecule has 0 aliphatic heterocycles. The maximum absolute atomic E-state index is 10.3. The molecule has 0 fully saturated rings. The molecule has 6 heteroatoms. The molecule has 0 spiro atoms. The number of anilines is 1. The molecule has 0 atom stereocenters. The average molecular weight is 141 g/mol. The van der Waals surface area contributed by atoms with E-state index in [0.717, 1.165) is 11.5 Å². The Hall–Kier alpha value is -0.905. The summed E-state index contributed by atoms with van der Waals surface area (Å²) in [6.07, 6.45) is 1.40. The van der Waals surface area contributed by atoms with Gasteiger partial charge in [-0.05, 0) is 0 Å². The molecule has 9 heavy (non-hydrogen) atoms. The van der Waals surface area contributed by atoms with Crippen LogP contribution in [-0.4, -0.2) is 23.0 Å². The van der Waals surface area contributed by atoms with Gasteiger partial charge in [-0.15, -0.1) is 0 Å². The van der Waals surface area contributed by atoms with Gasteiger partial charge < -0.3 is 5.32 Å². The van der Waals surface area contributed by atoms with Gasteiger partial charge in [-0.1, -0.05) is 0 Å². The molecular formula is C3H4BN3OS. The van der Waals surface area contributed by atoms with Crippen LogP contribution in [0.5, 0.6) is 0 Å². The lowest BCUT2D eigenvalue weighted by molar-refractivity contribution is 0.269. The topological polar surface area (TPSA) is 54.9 Å². The zero-order valence-electron chi connectivity index (χ0n) is 4.79. The number of hydrogen-bond donors (Lipinski definition) is 1. The first-order valence-electron chi connectivity index (χ1n) is 2.33. The van der Waals surface area contributed by atoms with Gasteiger partial charge >= 0.3 is 0 Å². The Morgan fingerprint density at radius 2 is 2.67 bits per heavy atom. The van der Waals surface area contributed by atoms with E-state index in [-0.39, 0.29) is 5.81 Å². The van der Waals surface area contributed by atoms with Crippen LogP contribution < -0.4 is 5.32 Å². The minimum atomic E-state index is -0.119. The van der Waals surface area contributed by atoms with Gasteiger partial charge in [0.05, 0.1) is 0 Å². The average Bonchev–Trinajstić information content (AvgIpc) is 2.15. The van der Waals surface area contributed by atoms with Crippen molar-refractivity contribution in [2.24, 2.45) is 0 Å². The van der Waals surface area contributed by atoms with Crippen LogP contribution in [0.1, 0.15) is 0 Å². The molecular weight excluding hydrogens is 137 g/mol. The van der Waals surface area contributed by atoms with E-state index in [9.17, 15) is 4.79 Å². The van der Waals surface area contributed by atoms with E-state index in [1.54, 1.807) is 0 Å². The maximum atomic E-state index is 10.3. The highest BCUT2D eigenvalue weighted by molar-refractivity contribution is 7.10. The number of nitrogens with one attached hydrogen (secondary N) is 1. The summed E-state index contributed by atoms with van der Waals surface area (Å²) in [6, 6.07) is 0. The fourth-order valence-corrected chi connectivity index (χ4v) is 0.857. The van der Waals surface area contributed by atoms with Crippen molar-refractivity contribution in [2.75, 3.05) is 5.32 Å². The van der Waals surface area contributed by atoms with Crippen LogP contribution in [0.25, 0.3) is 0 Å². The van der Waals surface area contributed by atoms with Crippen molar-refractivity contribution in [3.05, 3.63) is 6.33 Å². The lowest BCUT2D eigenvalue weighted by Crippen LogP contribution is -2.07. The Kier molecular flexibility index (Phi) is 1.79. The quantitative estimate of drug-likeness (QED) is 0.546. The second-order valence-electron chi connectivity index (χ2n) is 1.43. The third kappa shape index (κ3) is 1.81. The van der Waals surface area contributed by atoms with E-state index < -0.39 is 0 Å². The monoisotopic (exact) mass is 141 g/mol. The fraction of sp³-hybridized carbons (Fsp3) is 0. The lowest BCUT2D eigenvalue weighted by atomic mass is 10.1. The number of hydrogen-bond acceptors (Lipinski definition) is 4. The molecule has 1 amide bonds. The van der Waals surface area contributed by atoms with Gasteiger partial charge in [-0.2, -0.15) is 4.37 Å². The minimum absolute atomic E-state index is 0.119. The first-order chi connectivity index (χ1) is 4.29. The van der Waals surface area contributed by atoms with Gasteiger partial charge in [0.2, 0.25) is 13.0 Å². The van der Waals surface area contributed by atoms with Crippen molar-refractivity contribution in [3.8, 4) is 0 Å². The van der Waals surface area contributed by atoms with Gasteiger partial charge in [-0.3, -0.25) is 4.79 Å². The molecule has 0 saturated carbocycles. The smallest absolute Gasteiger partial charge is 0.216 e. The maximum Gasteiger partial charge on any atom is 0.216 e. The number of amides is 1. The molecule has 0 aromatic carbocycles. The summed E-state index contributed by atoms with van der Waals surface area (Å²) in [7, 11) is 1.43. The molecule has 0 radical (unpaired) electrons. The van der Waals surface area contributed by atoms with E-state index >= 15 is 0 Å². The van der Waals surface area contributed by atoms with Crippen LogP contribution >= 0.6 is 11.5 Å². The molecule has 1 N–H and O–H groups in total. The summed E-state index contributed by atoms with van der Waals surface area (Å²) in [5, 5.41) is 3.03. The molecule has 4 nitrogen and oxygen atoms in total. The third-order valence-corrected chi connectivity index (χ3v) is 1.22. The molecule has 46 valence electrons. The molecule has 0 aliphatic carbocycles. The molecule has 0 saturated heterocycles. The van der Waals surface area contributed by atoms with E-state index in [1.165, 1.54) is 14.2 Å². The van der Waals surface area contributed by atoms with Crippen molar-refractivity contribution < 1.29 is 4.79 Å². The van der Waals surface area contributed by atoms with Crippen molar-refractivity contribution in [3.63, 3.8) is 0 Å². The molecule has 0 unspecified atom stereocenters. The van der Waals surface area contributed by atoms with Gasteiger partial charge in [-0.25, -0.2) is 4.98 Å². The van der Waals surface area contributed by atoms with E-state index in [2.05, 4.69) is 14.7 Å². The number of nitrogens with zero attached hydrogens (tertiary/aromatic N) is 2. The van der Waals surface area contributed by atoms with Crippen LogP contribution in [0.4, 0.5) is 9.93 Å². The summed E-state index contributed by atoms with van der Waals surface area (Å²) in [5.74, 6) is -0.119. The van der Waals surface area contributed by atoms with Gasteiger partial charge in [0.1, 0.15) is 6.33 Å². The highest BCUT2D eigenvalue weighted by Crippen LogP contribution is 2.04. The van der Waals surface area contributed by atoms with Crippen LogP contribution in [-0.2, 0) is 0 Å². The lowest BCUT2D eigenvalue weighted by Gasteiger charge is -1.90. The zero-order valence-corrected chi connectivity index (χ0v) is 5.60. The normalized spacial score (nSPS) is 8.89. The first-order valence-corrected chi connectivity index (χ1v) is 3.10. The van der Waals surface area contributed by atoms with Crippen molar-refractivity contribution >= 4 is 30.3 Å². The summed E-state index contributed by atoms with van der Waals surface area (Å²) in [4.78, 5) is 14.1. The largest absolute Gasteiger partial charge is 0.310 e. The Labute approximate surface area is 56.9 Å². The Morgan fingerprint density at radius 1 is 1.89 bits per heavy atom. The molecule has 1 aromatic heterocycles. The molecule has 0 aliphatic rings.